The largest absolute Gasteiger partial charge is 0.497 e. The number of anilines is 1. The number of hydrogen-bond donors (Lipinski definition) is 3. The van der Waals surface area contributed by atoms with Gasteiger partial charge in [-0.1, -0.05) is 31.4 Å². The van der Waals surface area contributed by atoms with E-state index in [0.717, 1.165) is 49.0 Å². The Kier molecular flexibility index (Phi) is 6.38. The number of fused-ring (bicyclic) bond motifs is 1. The number of piperidine rings is 1. The summed E-state index contributed by atoms with van der Waals surface area (Å²) in [5, 5.41) is 8.47. The molecule has 0 aromatic heterocycles. The third kappa shape index (κ3) is 4.53. The van der Waals surface area contributed by atoms with Crippen LogP contribution in [0, 0.1) is 0 Å². The molecule has 2 aromatic carbocycles. The van der Waals surface area contributed by atoms with Gasteiger partial charge in [-0.05, 0) is 60.7 Å². The Labute approximate surface area is 209 Å². The fraction of sp³-hybridized carbons (Fsp3) is 0.407. The molecule has 0 bridgehead atoms. The van der Waals surface area contributed by atoms with E-state index in [4.69, 9.17) is 4.74 Å². The quantitative estimate of drug-likeness (QED) is 0.555. The maximum absolute atomic E-state index is 13.1. The third-order valence-electron chi connectivity index (χ3n) is 7.46. The number of benzene rings is 2. The van der Waals surface area contributed by atoms with Crippen molar-refractivity contribution < 1.29 is 23.9 Å². The molecule has 2 aromatic rings. The molecule has 0 spiro atoms. The minimum absolute atomic E-state index is 0.207. The van der Waals surface area contributed by atoms with Crippen LogP contribution in [0.25, 0.3) is 0 Å². The molecular weight excluding hydrogens is 460 g/mol. The topological polar surface area (TPSA) is 117 Å². The van der Waals surface area contributed by atoms with Crippen LogP contribution < -0.4 is 20.7 Å². The lowest BCUT2D eigenvalue weighted by Crippen LogP contribution is -2.52. The van der Waals surface area contributed by atoms with E-state index >= 15 is 0 Å². The minimum Gasteiger partial charge on any atom is -0.497 e. The molecule has 1 saturated heterocycles. The Balaban J connectivity index is 1.30. The maximum Gasteiger partial charge on any atom is 0.319 e. The molecule has 2 fully saturated rings. The van der Waals surface area contributed by atoms with E-state index in [1.54, 1.807) is 25.3 Å². The van der Waals surface area contributed by atoms with Gasteiger partial charge in [0.2, 0.25) is 11.8 Å². The fourth-order valence-corrected chi connectivity index (χ4v) is 5.59. The van der Waals surface area contributed by atoms with Gasteiger partial charge in [-0.15, -0.1) is 0 Å². The second-order valence-corrected chi connectivity index (χ2v) is 9.73. The smallest absolute Gasteiger partial charge is 0.319 e. The summed E-state index contributed by atoms with van der Waals surface area (Å²) in [6.07, 6.45) is 5.38. The van der Waals surface area contributed by atoms with Crippen LogP contribution in [0.15, 0.2) is 42.5 Å². The molecule has 1 saturated carbocycles. The molecule has 5 rings (SSSR count). The molecule has 9 nitrogen and oxygen atoms in total. The van der Waals surface area contributed by atoms with Crippen LogP contribution in [0.5, 0.6) is 5.75 Å². The number of carbonyl (C=O) groups is 4. The number of carbonyl (C=O) groups excluding carboxylic acids is 4. The molecule has 9 heteroatoms. The van der Waals surface area contributed by atoms with E-state index in [0.29, 0.717) is 17.7 Å². The van der Waals surface area contributed by atoms with Gasteiger partial charge in [0.05, 0.1) is 12.6 Å². The summed E-state index contributed by atoms with van der Waals surface area (Å²) in [6.45, 7) is 0.255. The highest BCUT2D eigenvalue weighted by Crippen LogP contribution is 2.38. The Hall–Kier alpha value is -3.88. The van der Waals surface area contributed by atoms with Crippen molar-refractivity contribution in [2.75, 3.05) is 12.4 Å². The van der Waals surface area contributed by atoms with Crippen molar-refractivity contribution in [3.63, 3.8) is 0 Å². The molecule has 1 unspecified atom stereocenters. The van der Waals surface area contributed by atoms with E-state index in [2.05, 4.69) is 16.0 Å². The number of amides is 5. The van der Waals surface area contributed by atoms with Gasteiger partial charge in [0.25, 0.3) is 5.91 Å². The second kappa shape index (κ2) is 9.64. The van der Waals surface area contributed by atoms with Gasteiger partial charge in [-0.25, -0.2) is 4.79 Å². The summed E-state index contributed by atoms with van der Waals surface area (Å²) in [5.74, 6) is -0.249. The van der Waals surface area contributed by atoms with Crippen molar-refractivity contribution >= 4 is 29.4 Å². The highest BCUT2D eigenvalue weighted by molar-refractivity contribution is 6.05. The second-order valence-electron chi connectivity index (χ2n) is 9.73. The Morgan fingerprint density at radius 2 is 1.89 bits per heavy atom. The number of methoxy groups -OCH3 is 1. The van der Waals surface area contributed by atoms with Crippen molar-refractivity contribution in [1.82, 2.24) is 15.5 Å². The monoisotopic (exact) mass is 490 g/mol. The van der Waals surface area contributed by atoms with Crippen LogP contribution in [0.1, 0.15) is 66.4 Å². The molecular formula is C27H30N4O5. The molecule has 2 heterocycles. The zero-order valence-corrected chi connectivity index (χ0v) is 20.3. The summed E-state index contributed by atoms with van der Waals surface area (Å²) in [4.78, 5) is 51.3. The van der Waals surface area contributed by atoms with Gasteiger partial charge in [-0.3, -0.25) is 19.7 Å². The first kappa shape index (κ1) is 23.8. The molecule has 3 aliphatic rings. The lowest BCUT2D eigenvalue weighted by Gasteiger charge is -2.38. The molecule has 2 aliphatic heterocycles. The number of hydrogen-bond acceptors (Lipinski definition) is 5. The predicted octanol–water partition coefficient (Wildman–Crippen LogP) is 3.44. The summed E-state index contributed by atoms with van der Waals surface area (Å²) in [6, 6.07) is 12.0. The molecule has 1 atom stereocenters. The van der Waals surface area contributed by atoms with E-state index in [1.165, 1.54) is 4.90 Å². The van der Waals surface area contributed by atoms with Crippen LogP contribution in [-0.2, 0) is 21.7 Å². The Morgan fingerprint density at radius 1 is 1.08 bits per heavy atom. The Morgan fingerprint density at radius 3 is 2.64 bits per heavy atom. The third-order valence-corrected chi connectivity index (χ3v) is 7.46. The predicted molar refractivity (Wildman–Crippen MR) is 132 cm³/mol. The van der Waals surface area contributed by atoms with Crippen LogP contribution in [0.3, 0.4) is 0 Å². The van der Waals surface area contributed by atoms with Gasteiger partial charge in [0, 0.05) is 24.2 Å². The van der Waals surface area contributed by atoms with Gasteiger partial charge in [0.1, 0.15) is 11.8 Å². The highest BCUT2D eigenvalue weighted by Gasteiger charge is 2.39. The van der Waals surface area contributed by atoms with Crippen molar-refractivity contribution in [3.05, 3.63) is 59.2 Å². The molecule has 1 aliphatic carbocycles. The average Bonchev–Trinajstić information content (AvgIpc) is 3.19. The van der Waals surface area contributed by atoms with Gasteiger partial charge in [0.15, 0.2) is 0 Å². The summed E-state index contributed by atoms with van der Waals surface area (Å²) in [5.41, 5.74) is 2.36. The van der Waals surface area contributed by atoms with Crippen LogP contribution in [0.4, 0.5) is 10.5 Å². The van der Waals surface area contributed by atoms with E-state index in [1.807, 2.05) is 24.3 Å². The van der Waals surface area contributed by atoms with E-state index < -0.39 is 17.5 Å². The molecule has 5 amide bonds. The maximum atomic E-state index is 13.1. The van der Waals surface area contributed by atoms with E-state index in [-0.39, 0.29) is 30.8 Å². The first-order chi connectivity index (χ1) is 17.4. The summed E-state index contributed by atoms with van der Waals surface area (Å²) < 4.78 is 5.41. The van der Waals surface area contributed by atoms with Crippen molar-refractivity contribution in [1.29, 1.82) is 0 Å². The van der Waals surface area contributed by atoms with Crippen molar-refractivity contribution in [2.24, 2.45) is 0 Å². The number of nitrogens with one attached hydrogen (secondary N) is 3. The highest BCUT2D eigenvalue weighted by atomic mass is 16.5. The molecule has 0 radical (unpaired) electrons. The number of ether oxygens (including phenoxy) is 1. The molecule has 3 N–H and O–H groups in total. The summed E-state index contributed by atoms with van der Waals surface area (Å²) >= 11 is 0. The van der Waals surface area contributed by atoms with Crippen LogP contribution >= 0.6 is 0 Å². The molecule has 188 valence electrons. The first-order valence-electron chi connectivity index (χ1n) is 12.4. The zero-order chi connectivity index (χ0) is 25.3. The van der Waals surface area contributed by atoms with Gasteiger partial charge in [-0.2, -0.15) is 0 Å². The Bertz CT molecular complexity index is 1220. The lowest BCUT2D eigenvalue weighted by molar-refractivity contribution is -0.136. The normalized spacial score (nSPS) is 21.0. The fourth-order valence-electron chi connectivity index (χ4n) is 5.59. The van der Waals surface area contributed by atoms with Gasteiger partial charge < -0.3 is 20.3 Å². The number of imide groups is 1. The SMILES string of the molecule is COc1cccc(C2(NC(=O)Nc3ccc4c(c3)CN(C3CCC(=O)NC3=O)C4=O)CCCCC2)c1. The number of urea groups is 1. The number of rotatable bonds is 5. The van der Waals surface area contributed by atoms with Crippen LogP contribution in [0.2, 0.25) is 0 Å². The van der Waals surface area contributed by atoms with Crippen molar-refractivity contribution in [3.8, 4) is 5.75 Å². The van der Waals surface area contributed by atoms with Crippen molar-refractivity contribution in [2.45, 2.75) is 63.1 Å². The zero-order valence-electron chi connectivity index (χ0n) is 20.3. The molecule has 36 heavy (non-hydrogen) atoms. The average molecular weight is 491 g/mol. The minimum atomic E-state index is -0.670. The lowest BCUT2D eigenvalue weighted by atomic mass is 9.76. The van der Waals surface area contributed by atoms with Crippen LogP contribution in [-0.4, -0.2) is 41.8 Å². The first-order valence-corrected chi connectivity index (χ1v) is 12.4. The standard InChI is InChI=1S/C27H30N4O5/c1-36-20-7-5-6-18(15-20)27(12-3-2-4-13-27)30-26(35)28-19-8-9-21-17(14-19)16-31(25(21)34)22-10-11-23(32)29-24(22)33/h5-9,14-15,22H,2-4,10-13,16H2,1H3,(H2,28,30,35)(H,29,32,33). The number of nitrogens with zero attached hydrogens (tertiary/aromatic N) is 1. The summed E-state index contributed by atoms with van der Waals surface area (Å²) in [7, 11) is 1.63. The van der Waals surface area contributed by atoms with E-state index in [9.17, 15) is 19.2 Å². The van der Waals surface area contributed by atoms with Gasteiger partial charge >= 0.3 is 6.03 Å².